The van der Waals surface area contributed by atoms with Crippen LogP contribution in [0, 0.1) is 23.7 Å². The molecule has 0 saturated carbocycles. The van der Waals surface area contributed by atoms with Crippen molar-refractivity contribution >= 4 is 83.0 Å². The normalized spacial score (nSPS) is 20.1. The minimum absolute atomic E-state index is 0.0164. The average molecular weight is 1240 g/mol. The van der Waals surface area contributed by atoms with Gasteiger partial charge in [0, 0.05) is 50.4 Å². The number of benzene rings is 3. The Bertz CT molecular complexity index is 2700. The number of cyclic esters (lactones) is 1. The number of hydrogen-bond acceptors (Lipinski definition) is 20. The Kier molecular flexibility index (Phi) is 31.5. The van der Waals surface area contributed by atoms with Gasteiger partial charge in [0.1, 0.15) is 60.4 Å². The van der Waals surface area contributed by atoms with Crippen LogP contribution in [0.5, 0.6) is 11.5 Å². The molecule has 4 rings (SSSR count). The van der Waals surface area contributed by atoms with Gasteiger partial charge in [-0.2, -0.15) is 24.4 Å². The first-order chi connectivity index (χ1) is 41.1. The quantitative estimate of drug-likeness (QED) is 0.0235. The molecule has 0 radical (unpaired) electrons. The Morgan fingerprint density at radius 3 is 2.01 bits per heavy atom. The third kappa shape index (κ3) is 24.6. The van der Waals surface area contributed by atoms with Gasteiger partial charge in [0.2, 0.25) is 29.5 Å². The number of thioether (sulfide) groups is 1. The average Bonchev–Trinajstić information content (AvgIpc) is 3.19. The predicted octanol–water partition coefficient (Wildman–Crippen LogP) is 1.64. The summed E-state index contributed by atoms with van der Waals surface area (Å²) in [5.74, 6) is -11.9. The highest BCUT2D eigenvalue weighted by Crippen LogP contribution is 2.23. The monoisotopic (exact) mass is 1240 g/mol. The fraction of sp³-hybridized carbons (Fsp3) is 0.541. The van der Waals surface area contributed by atoms with Crippen LogP contribution < -0.4 is 32.3 Å². The first kappa shape index (κ1) is 71.7. The van der Waals surface area contributed by atoms with E-state index in [4.69, 9.17) is 19.9 Å². The van der Waals surface area contributed by atoms with Crippen LogP contribution in [0.15, 0.2) is 78.9 Å². The summed E-state index contributed by atoms with van der Waals surface area (Å²) in [7, 11) is 0. The van der Waals surface area contributed by atoms with Crippen LogP contribution >= 0.6 is 24.4 Å². The van der Waals surface area contributed by atoms with Crippen molar-refractivity contribution in [2.24, 2.45) is 29.4 Å². The number of ether oxygens (including phenoxy) is 3. The third-order valence-corrected chi connectivity index (χ3v) is 15.7. The van der Waals surface area contributed by atoms with Gasteiger partial charge in [-0.15, -0.1) is 0 Å². The second-order valence-corrected chi connectivity index (χ2v) is 22.8. The van der Waals surface area contributed by atoms with E-state index in [1.807, 2.05) is 6.92 Å². The Morgan fingerprint density at radius 2 is 1.40 bits per heavy atom. The van der Waals surface area contributed by atoms with Crippen LogP contribution in [0.25, 0.3) is 0 Å². The van der Waals surface area contributed by atoms with Crippen molar-refractivity contribution in [3.63, 3.8) is 0 Å². The molecule has 1 aliphatic heterocycles. The molecule has 25 heteroatoms. The summed E-state index contributed by atoms with van der Waals surface area (Å²) in [4.78, 5) is 140. The van der Waals surface area contributed by atoms with Crippen LogP contribution in [0.1, 0.15) is 82.4 Å². The maximum absolute atomic E-state index is 14.8. The van der Waals surface area contributed by atoms with E-state index in [9.17, 15) is 68.4 Å². The number of thiol groups is 1. The number of amides is 5. The minimum Gasteiger partial charge on any atom is -0.508 e. The number of hydrogen-bond donors (Lipinski definition) is 11. The molecule has 2 unspecified atom stereocenters. The maximum Gasteiger partial charge on any atom is 0.328 e. The first-order valence-corrected chi connectivity index (χ1v) is 30.8. The molecule has 1 aliphatic rings. The Hall–Kier alpha value is -6.74. The highest BCUT2D eigenvalue weighted by molar-refractivity contribution is 7.98. The second-order valence-electron chi connectivity index (χ2n) is 21.5. The van der Waals surface area contributed by atoms with Crippen LogP contribution in [0.2, 0.25) is 0 Å². The molecule has 0 aliphatic carbocycles. The zero-order valence-electron chi connectivity index (χ0n) is 49.1. The fourth-order valence-electron chi connectivity index (χ4n) is 9.29. The number of nitrogens with two attached hydrogens (primary N) is 1. The number of phenols is 2. The van der Waals surface area contributed by atoms with Gasteiger partial charge < -0.3 is 67.0 Å². The maximum atomic E-state index is 14.8. The molecule has 1 fully saturated rings. The summed E-state index contributed by atoms with van der Waals surface area (Å²) < 4.78 is 16.6. The first-order valence-electron chi connectivity index (χ1n) is 28.7. The van der Waals surface area contributed by atoms with Gasteiger partial charge in [0.25, 0.3) is 0 Å². The molecule has 86 heavy (non-hydrogen) atoms. The van der Waals surface area contributed by atoms with E-state index >= 15 is 0 Å². The van der Waals surface area contributed by atoms with Gasteiger partial charge >= 0.3 is 5.97 Å². The number of aliphatic hydroxyl groups is 2. The van der Waals surface area contributed by atoms with Crippen molar-refractivity contribution in [2.45, 2.75) is 127 Å². The van der Waals surface area contributed by atoms with Crippen molar-refractivity contribution in [1.29, 1.82) is 0 Å². The van der Waals surface area contributed by atoms with Crippen LogP contribution in [-0.4, -0.2) is 179 Å². The summed E-state index contributed by atoms with van der Waals surface area (Å²) >= 11 is 5.40. The molecule has 5 amide bonds. The zero-order chi connectivity index (χ0) is 63.3. The molecule has 472 valence electrons. The van der Waals surface area contributed by atoms with Crippen LogP contribution in [0.3, 0.4) is 0 Å². The molecule has 0 spiro atoms. The Morgan fingerprint density at radius 1 is 0.767 bits per heavy atom. The lowest BCUT2D eigenvalue weighted by Gasteiger charge is -2.30. The molecular formula is C61H84N6O17S2. The lowest BCUT2D eigenvalue weighted by Crippen LogP contribution is -2.58. The molecule has 11 atom stereocenters. The van der Waals surface area contributed by atoms with Gasteiger partial charge in [0.15, 0.2) is 11.6 Å². The van der Waals surface area contributed by atoms with Gasteiger partial charge in [-0.3, -0.25) is 43.2 Å². The van der Waals surface area contributed by atoms with Gasteiger partial charge in [-0.05, 0) is 91.5 Å². The highest BCUT2D eigenvalue weighted by atomic mass is 32.2. The number of nitrogens with one attached hydrogen (secondary N) is 5. The lowest BCUT2D eigenvalue weighted by molar-refractivity contribution is -0.152. The molecule has 0 aromatic heterocycles. The van der Waals surface area contributed by atoms with Crippen molar-refractivity contribution in [2.75, 3.05) is 57.4 Å². The van der Waals surface area contributed by atoms with Crippen molar-refractivity contribution in [1.82, 2.24) is 26.6 Å². The van der Waals surface area contributed by atoms with Gasteiger partial charge in [-0.1, -0.05) is 74.9 Å². The molecule has 1 heterocycles. The zero-order valence-corrected chi connectivity index (χ0v) is 50.8. The summed E-state index contributed by atoms with van der Waals surface area (Å²) in [6.07, 6.45) is -1.11. The standard InChI is InChI=1S/C61H84N6O17S2/c1-5-36(2)55-60(80)64-47(21-25-86-4)61(81)84-33-43(51(73)29-41(26-39-13-17-44(70)18-14-39)57(77)65-49(59(79)66-55)28-38-10-7-6-8-11-38)31-53(75)56(37(3)69)67-58(78)42(32-68)30-52(74)48(27-40-15-19-45(71)20-16-40)63-54(76)34-83-24-23-82-22-9-12-50(72)46(62)35-85/h6-8,10-11,13-20,36-37,41-43,46-49,55-56,68-71,85H,5,9,12,21-35,62H2,1-4H3,(H,63,76)(H,64,80)(H,65,77)(H,66,79)(H,67,78)/t36?,37?,41-,42+,43+,46+,47+,48+,49+,55+,56+/m1/s1. The smallest absolute Gasteiger partial charge is 0.328 e. The van der Waals surface area contributed by atoms with Crippen LogP contribution in [-0.2, 0) is 81.4 Å². The molecule has 1 saturated heterocycles. The number of Topliss-reactive ketones (excluding diaryl/α,β-unsaturated/α-hetero) is 4. The van der Waals surface area contributed by atoms with E-state index in [2.05, 4.69) is 39.2 Å². The molecule has 23 nitrogen and oxygen atoms in total. The molecule has 11 N–H and O–H groups in total. The topological polar surface area (TPSA) is 365 Å². The SMILES string of the molecule is CCC(C)[C@@H]1NC(=O)[C@H](Cc2ccccc2)NC(=O)[C@H](Cc2ccc(O)cc2)CC(=O)[C@@H](CC(=O)[C@@H](NC(=O)[C@H](CO)CC(=O)[C@H](Cc2ccc(O)cc2)NC(=O)COCCOCCCC(=O)[C@@H](N)CS)C(C)O)COC(=O)[C@H](CCSC)NC1=O. The molecule has 3 aromatic carbocycles. The van der Waals surface area contributed by atoms with E-state index in [0.717, 1.165) is 0 Å². The summed E-state index contributed by atoms with van der Waals surface area (Å²) in [6, 6.07) is 12.9. The number of esters is 1. The number of rotatable bonds is 33. The number of aliphatic hydroxyl groups excluding tert-OH is 2. The van der Waals surface area contributed by atoms with Gasteiger partial charge in [-0.25, -0.2) is 4.79 Å². The van der Waals surface area contributed by atoms with E-state index in [0.29, 0.717) is 35.3 Å². The lowest BCUT2D eigenvalue weighted by atomic mass is 9.85. The number of carbonyl (C=O) groups excluding carboxylic acids is 10. The van der Waals surface area contributed by atoms with Gasteiger partial charge in [0.05, 0.1) is 49.8 Å². The third-order valence-electron chi connectivity index (χ3n) is 14.7. The summed E-state index contributed by atoms with van der Waals surface area (Å²) in [5.41, 5.74) is 7.34. The number of carbonyl (C=O) groups is 10. The highest BCUT2D eigenvalue weighted by Gasteiger charge is 2.39. The second kappa shape index (κ2) is 37.7. The largest absolute Gasteiger partial charge is 0.508 e. The summed E-state index contributed by atoms with van der Waals surface area (Å²) in [5, 5.41) is 54.9. The van der Waals surface area contributed by atoms with Crippen molar-refractivity contribution in [3.8, 4) is 11.5 Å². The fourth-order valence-corrected chi connectivity index (χ4v) is 9.96. The van der Waals surface area contributed by atoms with E-state index in [-0.39, 0.29) is 75.0 Å². The summed E-state index contributed by atoms with van der Waals surface area (Å²) in [6.45, 7) is 2.83. The molecule has 0 bridgehead atoms. The van der Waals surface area contributed by atoms with E-state index < -0.39 is 158 Å². The van der Waals surface area contributed by atoms with Crippen molar-refractivity contribution in [3.05, 3.63) is 95.6 Å². The van der Waals surface area contributed by atoms with Crippen LogP contribution in [0.4, 0.5) is 0 Å². The number of ketones is 4. The number of phenolic OH excluding ortho intramolecular Hbond substituents is 2. The minimum atomic E-state index is -1.79. The Labute approximate surface area is 511 Å². The van der Waals surface area contributed by atoms with Crippen molar-refractivity contribution < 1.29 is 82.6 Å². The molecule has 3 aromatic rings. The Balaban J connectivity index is 1.60. The predicted molar refractivity (Wildman–Crippen MR) is 323 cm³/mol. The van der Waals surface area contributed by atoms with E-state index in [1.165, 1.54) is 67.2 Å². The van der Waals surface area contributed by atoms with E-state index in [1.54, 1.807) is 43.5 Å². The number of aromatic hydroxyl groups is 2. The molecular weight excluding hydrogens is 1150 g/mol.